The largest absolute Gasteiger partial charge is 0.304 e. The van der Waals surface area contributed by atoms with E-state index in [1.54, 1.807) is 6.08 Å². The van der Waals surface area contributed by atoms with Crippen molar-refractivity contribution >= 4 is 12.3 Å². The van der Waals surface area contributed by atoms with Gasteiger partial charge in [-0.2, -0.15) is 0 Å². The van der Waals surface area contributed by atoms with Crippen LogP contribution in [0, 0.1) is 5.92 Å². The van der Waals surface area contributed by atoms with Crippen LogP contribution in [0.15, 0.2) is 18.9 Å². The molecule has 0 bridgehead atoms. The molecule has 0 spiro atoms. The first-order valence-corrected chi connectivity index (χ1v) is 5.00. The van der Waals surface area contributed by atoms with Gasteiger partial charge in [0.1, 0.15) is 5.82 Å². The van der Waals surface area contributed by atoms with Crippen LogP contribution in [-0.2, 0) is 6.42 Å². The lowest BCUT2D eigenvalue weighted by atomic mass is 10.1. The van der Waals surface area contributed by atoms with E-state index in [2.05, 4.69) is 30.0 Å². The second-order valence-corrected chi connectivity index (χ2v) is 3.76. The van der Waals surface area contributed by atoms with Gasteiger partial charge in [0.25, 0.3) is 0 Å². The van der Waals surface area contributed by atoms with E-state index in [9.17, 15) is 0 Å². The summed E-state index contributed by atoms with van der Waals surface area (Å²) < 4.78 is 2.09. The van der Waals surface area contributed by atoms with Gasteiger partial charge in [0.2, 0.25) is 0 Å². The number of hydrogen-bond donors (Lipinski definition) is 0. The first-order valence-electron chi connectivity index (χ1n) is 5.00. The molecule has 0 radical (unpaired) electrons. The van der Waals surface area contributed by atoms with Crippen molar-refractivity contribution in [3.63, 3.8) is 0 Å². The number of nitrogens with zero attached hydrogens (tertiary/aromatic N) is 2. The van der Waals surface area contributed by atoms with Crippen LogP contribution in [0.25, 0.3) is 12.3 Å². The van der Waals surface area contributed by atoms with E-state index in [1.165, 1.54) is 5.69 Å². The fraction of sp³-hybridized carbons (Fsp3) is 0.417. The maximum absolute atomic E-state index is 4.30. The molecule has 0 aliphatic carbocycles. The van der Waals surface area contributed by atoms with Gasteiger partial charge in [0, 0.05) is 18.1 Å². The molecule has 1 aromatic heterocycles. The van der Waals surface area contributed by atoms with E-state index in [0.717, 1.165) is 12.2 Å². The highest BCUT2D eigenvalue weighted by atomic mass is 15.1. The number of hydrogen-bond acceptors (Lipinski definition) is 1. The van der Waals surface area contributed by atoms with Crippen LogP contribution in [0.2, 0.25) is 0 Å². The van der Waals surface area contributed by atoms with Gasteiger partial charge in [-0.1, -0.05) is 26.5 Å². The first-order chi connectivity index (χ1) is 6.69. The highest BCUT2D eigenvalue weighted by Crippen LogP contribution is 2.12. The van der Waals surface area contributed by atoms with Gasteiger partial charge in [-0.25, -0.2) is 4.98 Å². The maximum Gasteiger partial charge on any atom is 0.136 e. The summed E-state index contributed by atoms with van der Waals surface area (Å²) in [5.74, 6) is 1.56. The lowest BCUT2D eigenvalue weighted by Gasteiger charge is -2.06. The monoisotopic (exact) mass is 190 g/mol. The van der Waals surface area contributed by atoms with Gasteiger partial charge in [-0.3, -0.25) is 0 Å². The van der Waals surface area contributed by atoms with Gasteiger partial charge in [-0.05, 0) is 25.3 Å². The molecule has 2 heteroatoms. The van der Waals surface area contributed by atoms with Gasteiger partial charge in [0.05, 0.1) is 0 Å². The van der Waals surface area contributed by atoms with Crippen molar-refractivity contribution in [2.75, 3.05) is 0 Å². The third-order valence-electron chi connectivity index (χ3n) is 2.00. The van der Waals surface area contributed by atoms with Gasteiger partial charge < -0.3 is 4.57 Å². The maximum atomic E-state index is 4.30. The number of aromatic nitrogens is 2. The third kappa shape index (κ3) is 2.34. The van der Waals surface area contributed by atoms with Crippen LogP contribution in [0.1, 0.15) is 32.3 Å². The second kappa shape index (κ2) is 4.80. The predicted molar refractivity (Wildman–Crippen MR) is 61.9 cm³/mol. The van der Waals surface area contributed by atoms with Crippen molar-refractivity contribution in [3.8, 4) is 0 Å². The molecule has 0 fully saturated rings. The van der Waals surface area contributed by atoms with Crippen LogP contribution in [0.4, 0.5) is 0 Å². The molecule has 0 N–H and O–H groups in total. The molecule has 0 unspecified atom stereocenters. The third-order valence-corrected chi connectivity index (χ3v) is 2.00. The van der Waals surface area contributed by atoms with Crippen molar-refractivity contribution in [1.82, 2.24) is 9.55 Å². The normalized spacial score (nSPS) is 11.4. The van der Waals surface area contributed by atoms with Crippen LogP contribution in [0.5, 0.6) is 0 Å². The summed E-state index contributed by atoms with van der Waals surface area (Å²) in [6.45, 7) is 10.2. The summed E-state index contributed by atoms with van der Waals surface area (Å²) >= 11 is 0. The van der Waals surface area contributed by atoms with E-state index < -0.39 is 0 Å². The number of rotatable bonds is 4. The molecule has 0 aliphatic heterocycles. The quantitative estimate of drug-likeness (QED) is 0.712. The molecule has 0 aliphatic rings. The molecule has 1 rings (SSSR count). The minimum absolute atomic E-state index is 0.647. The molecule has 1 heterocycles. The SMILES string of the molecule is C=Cc1ncc(CC(C)C)n1/C=C\C. The highest BCUT2D eigenvalue weighted by Gasteiger charge is 2.06. The number of imidazole rings is 1. The zero-order chi connectivity index (χ0) is 10.6. The average Bonchev–Trinajstić information content (AvgIpc) is 2.48. The summed E-state index contributed by atoms with van der Waals surface area (Å²) in [6, 6.07) is 0. The molecular weight excluding hydrogens is 172 g/mol. The number of allylic oxidation sites excluding steroid dienone is 1. The Kier molecular flexibility index (Phi) is 3.69. The Hall–Kier alpha value is -1.31. The smallest absolute Gasteiger partial charge is 0.136 e. The summed E-state index contributed by atoms with van der Waals surface area (Å²) in [5.41, 5.74) is 1.24. The van der Waals surface area contributed by atoms with Crippen LogP contribution in [0.3, 0.4) is 0 Å². The fourth-order valence-electron chi connectivity index (χ4n) is 1.45. The lowest BCUT2D eigenvalue weighted by Crippen LogP contribution is -2.01. The van der Waals surface area contributed by atoms with Crippen molar-refractivity contribution in [2.45, 2.75) is 27.2 Å². The van der Waals surface area contributed by atoms with E-state index in [0.29, 0.717) is 5.92 Å². The Morgan fingerprint density at radius 1 is 1.57 bits per heavy atom. The van der Waals surface area contributed by atoms with E-state index in [1.807, 2.05) is 25.4 Å². The average molecular weight is 190 g/mol. The van der Waals surface area contributed by atoms with Crippen molar-refractivity contribution in [1.29, 1.82) is 0 Å². The second-order valence-electron chi connectivity index (χ2n) is 3.76. The molecule has 14 heavy (non-hydrogen) atoms. The van der Waals surface area contributed by atoms with Gasteiger partial charge in [0.15, 0.2) is 0 Å². The Morgan fingerprint density at radius 2 is 2.29 bits per heavy atom. The van der Waals surface area contributed by atoms with Crippen molar-refractivity contribution in [2.24, 2.45) is 5.92 Å². The fourth-order valence-corrected chi connectivity index (χ4v) is 1.45. The summed E-state index contributed by atoms with van der Waals surface area (Å²) in [5, 5.41) is 0. The van der Waals surface area contributed by atoms with Crippen LogP contribution in [-0.4, -0.2) is 9.55 Å². The van der Waals surface area contributed by atoms with E-state index in [-0.39, 0.29) is 0 Å². The minimum Gasteiger partial charge on any atom is -0.304 e. The highest BCUT2D eigenvalue weighted by molar-refractivity contribution is 5.44. The molecule has 0 aromatic carbocycles. The Morgan fingerprint density at radius 3 is 2.79 bits per heavy atom. The molecule has 0 amide bonds. The Labute approximate surface area is 86.0 Å². The molecular formula is C12H18N2. The summed E-state index contributed by atoms with van der Waals surface area (Å²) in [7, 11) is 0. The van der Waals surface area contributed by atoms with Crippen molar-refractivity contribution in [3.05, 3.63) is 30.4 Å². The van der Waals surface area contributed by atoms with E-state index >= 15 is 0 Å². The van der Waals surface area contributed by atoms with Gasteiger partial charge in [-0.15, -0.1) is 0 Å². The summed E-state index contributed by atoms with van der Waals surface area (Å²) in [6.07, 6.45) is 8.80. The zero-order valence-corrected chi connectivity index (χ0v) is 9.20. The predicted octanol–water partition coefficient (Wildman–Crippen LogP) is 3.22. The summed E-state index contributed by atoms with van der Waals surface area (Å²) in [4.78, 5) is 4.30. The Bertz CT molecular complexity index is 332. The minimum atomic E-state index is 0.647. The topological polar surface area (TPSA) is 17.8 Å². The zero-order valence-electron chi connectivity index (χ0n) is 9.20. The van der Waals surface area contributed by atoms with Crippen molar-refractivity contribution < 1.29 is 0 Å². The van der Waals surface area contributed by atoms with Crippen LogP contribution >= 0.6 is 0 Å². The molecule has 0 saturated heterocycles. The standard InChI is InChI=1S/C12H18N2/c1-5-7-14-11(8-10(3)4)9-13-12(14)6-2/h5-7,9-10H,2,8H2,1,3-4H3/b7-5-. The van der Waals surface area contributed by atoms with Crippen LogP contribution < -0.4 is 0 Å². The lowest BCUT2D eigenvalue weighted by molar-refractivity contribution is 0.630. The first kappa shape index (κ1) is 10.8. The molecule has 0 atom stereocenters. The Balaban J connectivity index is 3.03. The van der Waals surface area contributed by atoms with Gasteiger partial charge >= 0.3 is 0 Å². The van der Waals surface area contributed by atoms with E-state index in [4.69, 9.17) is 0 Å². The molecule has 0 saturated carbocycles. The molecule has 2 nitrogen and oxygen atoms in total. The molecule has 76 valence electrons. The molecule has 1 aromatic rings.